The molecule has 0 N–H and O–H groups in total. The zero-order valence-electron chi connectivity index (χ0n) is 18.4. The standard InChI is InChI=1S/C25H29NO5/c1-4-5-14-29-18-9-6-17(7-10-18)8-11-21(27)22-19-12-13-26(2)15-20(19)23(28-3)25-24(22)30-16-31-25/h6-11H,4-5,12-16H2,1-3H3. The Hall–Kier alpha value is -2.99. The predicted molar refractivity (Wildman–Crippen MR) is 119 cm³/mol. The molecule has 0 saturated heterocycles. The van der Waals surface area contributed by atoms with Crippen molar-refractivity contribution in [1.29, 1.82) is 0 Å². The Labute approximate surface area is 183 Å². The molecule has 2 aliphatic rings. The van der Waals surface area contributed by atoms with Crippen molar-refractivity contribution in [1.82, 2.24) is 4.90 Å². The first-order chi connectivity index (χ1) is 15.1. The van der Waals surface area contributed by atoms with Gasteiger partial charge in [0.15, 0.2) is 17.3 Å². The zero-order valence-corrected chi connectivity index (χ0v) is 18.4. The topological polar surface area (TPSA) is 57.2 Å². The SMILES string of the molecule is CCCCOc1ccc(C=CC(=O)c2c3c(c(OC)c4c2OCO4)CN(C)CC3)cc1. The molecule has 2 heterocycles. The van der Waals surface area contributed by atoms with E-state index < -0.39 is 0 Å². The molecule has 0 aliphatic carbocycles. The van der Waals surface area contributed by atoms with Crippen LogP contribution in [-0.4, -0.2) is 44.8 Å². The van der Waals surface area contributed by atoms with Gasteiger partial charge in [-0.25, -0.2) is 0 Å². The molecule has 0 amide bonds. The lowest BCUT2D eigenvalue weighted by atomic mass is 9.90. The number of likely N-dealkylation sites (N-methyl/N-ethyl adjacent to an activating group) is 1. The maximum Gasteiger partial charge on any atom is 0.231 e. The third-order valence-corrected chi connectivity index (χ3v) is 5.68. The van der Waals surface area contributed by atoms with E-state index in [-0.39, 0.29) is 12.6 Å². The molecule has 164 valence electrons. The van der Waals surface area contributed by atoms with Gasteiger partial charge in [0, 0.05) is 18.7 Å². The molecule has 2 aliphatic heterocycles. The van der Waals surface area contributed by atoms with E-state index in [9.17, 15) is 4.79 Å². The maximum atomic E-state index is 13.3. The summed E-state index contributed by atoms with van der Waals surface area (Å²) in [6.45, 7) is 4.53. The van der Waals surface area contributed by atoms with Crippen molar-refractivity contribution in [2.45, 2.75) is 32.7 Å². The molecule has 6 nitrogen and oxygen atoms in total. The van der Waals surface area contributed by atoms with E-state index >= 15 is 0 Å². The minimum absolute atomic E-state index is 0.0894. The average molecular weight is 424 g/mol. The molecule has 0 fully saturated rings. The third-order valence-electron chi connectivity index (χ3n) is 5.68. The molecule has 0 bridgehead atoms. The molecular weight excluding hydrogens is 394 g/mol. The number of nitrogens with zero attached hydrogens (tertiary/aromatic N) is 1. The highest BCUT2D eigenvalue weighted by Gasteiger charge is 2.34. The van der Waals surface area contributed by atoms with Crippen LogP contribution in [0.3, 0.4) is 0 Å². The Bertz CT molecular complexity index is 981. The van der Waals surface area contributed by atoms with Crippen molar-refractivity contribution in [2.75, 3.05) is 34.1 Å². The van der Waals surface area contributed by atoms with Crippen LogP contribution in [0.5, 0.6) is 23.0 Å². The minimum Gasteiger partial charge on any atom is -0.494 e. The summed E-state index contributed by atoms with van der Waals surface area (Å²) in [4.78, 5) is 15.5. The second-order valence-electron chi connectivity index (χ2n) is 7.89. The number of rotatable bonds is 8. The highest BCUT2D eigenvalue weighted by atomic mass is 16.7. The number of fused-ring (bicyclic) bond motifs is 2. The van der Waals surface area contributed by atoms with Crippen molar-refractivity contribution < 1.29 is 23.7 Å². The Morgan fingerprint density at radius 1 is 1.16 bits per heavy atom. The fraction of sp³-hybridized carbons (Fsp3) is 0.400. The number of hydrogen-bond donors (Lipinski definition) is 0. The van der Waals surface area contributed by atoms with E-state index in [1.54, 1.807) is 13.2 Å². The summed E-state index contributed by atoms with van der Waals surface area (Å²) in [5.41, 5.74) is 3.53. The van der Waals surface area contributed by atoms with Gasteiger partial charge >= 0.3 is 0 Å². The molecule has 6 heteroatoms. The zero-order chi connectivity index (χ0) is 21.8. The molecule has 0 spiro atoms. The van der Waals surface area contributed by atoms with Gasteiger partial charge in [-0.2, -0.15) is 0 Å². The van der Waals surface area contributed by atoms with Gasteiger partial charge in [-0.05, 0) is 49.2 Å². The first-order valence-corrected chi connectivity index (χ1v) is 10.8. The minimum atomic E-state index is -0.0894. The van der Waals surface area contributed by atoms with E-state index in [2.05, 4.69) is 18.9 Å². The first-order valence-electron chi connectivity index (χ1n) is 10.8. The Morgan fingerprint density at radius 2 is 1.94 bits per heavy atom. The second-order valence-corrected chi connectivity index (χ2v) is 7.89. The summed E-state index contributed by atoms with van der Waals surface area (Å²) in [5.74, 6) is 2.45. The maximum absolute atomic E-state index is 13.3. The number of carbonyl (C=O) groups excluding carboxylic acids is 1. The van der Waals surface area contributed by atoms with Crippen LogP contribution in [0.25, 0.3) is 6.08 Å². The molecule has 0 saturated carbocycles. The van der Waals surface area contributed by atoms with Gasteiger partial charge < -0.3 is 23.8 Å². The van der Waals surface area contributed by atoms with Gasteiger partial charge in [-0.1, -0.05) is 31.6 Å². The average Bonchev–Trinajstić information content (AvgIpc) is 3.26. The summed E-state index contributed by atoms with van der Waals surface area (Å²) >= 11 is 0. The van der Waals surface area contributed by atoms with Gasteiger partial charge in [0.25, 0.3) is 0 Å². The van der Waals surface area contributed by atoms with Crippen LogP contribution in [0.2, 0.25) is 0 Å². The van der Waals surface area contributed by atoms with Gasteiger partial charge in [0.1, 0.15) is 5.75 Å². The smallest absolute Gasteiger partial charge is 0.231 e. The lowest BCUT2D eigenvalue weighted by Crippen LogP contribution is -2.28. The molecule has 4 rings (SSSR count). The number of methoxy groups -OCH3 is 1. The van der Waals surface area contributed by atoms with Crippen LogP contribution in [-0.2, 0) is 13.0 Å². The summed E-state index contributed by atoms with van der Waals surface area (Å²) in [7, 11) is 3.69. The van der Waals surface area contributed by atoms with Crippen LogP contribution in [0, 0.1) is 0 Å². The van der Waals surface area contributed by atoms with Crippen molar-refractivity contribution in [3.63, 3.8) is 0 Å². The highest BCUT2D eigenvalue weighted by Crippen LogP contribution is 2.49. The number of carbonyl (C=O) groups is 1. The van der Waals surface area contributed by atoms with Crippen molar-refractivity contribution in [2.24, 2.45) is 0 Å². The van der Waals surface area contributed by atoms with Crippen molar-refractivity contribution in [3.05, 3.63) is 52.6 Å². The number of hydrogen-bond acceptors (Lipinski definition) is 6. The van der Waals surface area contributed by atoms with Crippen LogP contribution < -0.4 is 18.9 Å². The molecule has 0 atom stereocenters. The van der Waals surface area contributed by atoms with E-state index in [1.165, 1.54) is 0 Å². The number of ketones is 1. The summed E-state index contributed by atoms with van der Waals surface area (Å²) < 4.78 is 22.7. The molecule has 31 heavy (non-hydrogen) atoms. The van der Waals surface area contributed by atoms with Gasteiger partial charge in [-0.15, -0.1) is 0 Å². The largest absolute Gasteiger partial charge is 0.494 e. The van der Waals surface area contributed by atoms with Crippen LogP contribution >= 0.6 is 0 Å². The number of allylic oxidation sites excluding steroid dienone is 1. The molecule has 0 radical (unpaired) electrons. The highest BCUT2D eigenvalue weighted by molar-refractivity contribution is 6.11. The van der Waals surface area contributed by atoms with Crippen LogP contribution in [0.15, 0.2) is 30.3 Å². The van der Waals surface area contributed by atoms with Gasteiger partial charge in [0.05, 0.1) is 19.3 Å². The third kappa shape index (κ3) is 4.39. The monoisotopic (exact) mass is 423 g/mol. The normalized spacial score (nSPS) is 15.2. The Balaban J connectivity index is 1.60. The molecule has 0 unspecified atom stereocenters. The lowest BCUT2D eigenvalue weighted by molar-refractivity contribution is 0.104. The summed E-state index contributed by atoms with van der Waals surface area (Å²) in [5, 5.41) is 0. The van der Waals surface area contributed by atoms with Crippen molar-refractivity contribution in [3.8, 4) is 23.0 Å². The summed E-state index contributed by atoms with van der Waals surface area (Å²) in [6, 6.07) is 7.76. The van der Waals surface area contributed by atoms with E-state index in [0.29, 0.717) is 29.4 Å². The number of ether oxygens (including phenoxy) is 4. The molecule has 2 aromatic rings. The van der Waals surface area contributed by atoms with Crippen LogP contribution in [0.4, 0.5) is 0 Å². The fourth-order valence-corrected chi connectivity index (χ4v) is 4.03. The predicted octanol–water partition coefficient (Wildman–Crippen LogP) is 4.49. The molecule has 2 aromatic carbocycles. The van der Waals surface area contributed by atoms with Crippen LogP contribution in [0.1, 0.15) is 46.8 Å². The molecule has 0 aromatic heterocycles. The molecular formula is C25H29NO5. The summed E-state index contributed by atoms with van der Waals surface area (Å²) in [6.07, 6.45) is 6.33. The van der Waals surface area contributed by atoms with Gasteiger partial charge in [0.2, 0.25) is 12.5 Å². The Kier molecular flexibility index (Phi) is 6.47. The van der Waals surface area contributed by atoms with E-state index in [1.807, 2.05) is 30.3 Å². The lowest BCUT2D eigenvalue weighted by Gasteiger charge is -2.28. The quantitative estimate of drug-likeness (QED) is 0.354. The number of unbranched alkanes of at least 4 members (excludes halogenated alkanes) is 1. The Morgan fingerprint density at radius 3 is 2.68 bits per heavy atom. The number of benzene rings is 2. The first kappa shape index (κ1) is 21.2. The van der Waals surface area contributed by atoms with Crippen molar-refractivity contribution >= 4 is 11.9 Å². The fourth-order valence-electron chi connectivity index (χ4n) is 4.03. The second kappa shape index (κ2) is 9.43. The van der Waals surface area contributed by atoms with Gasteiger partial charge in [-0.3, -0.25) is 4.79 Å². The van der Waals surface area contributed by atoms with E-state index in [0.717, 1.165) is 54.9 Å². The van der Waals surface area contributed by atoms with E-state index in [4.69, 9.17) is 18.9 Å².